The van der Waals surface area contributed by atoms with Gasteiger partial charge in [-0.1, -0.05) is 57.2 Å². The summed E-state index contributed by atoms with van der Waals surface area (Å²) in [6, 6.07) is 16.4. The summed E-state index contributed by atoms with van der Waals surface area (Å²) < 4.78 is 0. The van der Waals surface area contributed by atoms with Crippen molar-refractivity contribution in [2.75, 3.05) is 27.2 Å². The maximum atomic E-state index is 12.3. The van der Waals surface area contributed by atoms with Crippen LogP contribution < -0.4 is 5.32 Å². The Morgan fingerprint density at radius 2 is 1.62 bits per heavy atom. The molecular weight excluding hydrogens is 320 g/mol. The highest BCUT2D eigenvalue weighted by molar-refractivity contribution is 5.95. The van der Waals surface area contributed by atoms with Gasteiger partial charge in [0, 0.05) is 12.1 Å². The molecule has 2 aromatic rings. The Labute approximate surface area is 159 Å². The molecule has 0 saturated carbocycles. The molecule has 0 aromatic heterocycles. The Morgan fingerprint density at radius 1 is 0.962 bits per heavy atom. The first kappa shape index (κ1) is 21.9. The minimum Gasteiger partial charge on any atom is -0.352 e. The summed E-state index contributed by atoms with van der Waals surface area (Å²) >= 11 is 0. The Kier molecular flexibility index (Phi) is 10.3. The van der Waals surface area contributed by atoms with Crippen LogP contribution in [-0.4, -0.2) is 38.0 Å². The molecule has 0 heterocycles. The molecule has 0 unspecified atom stereocenters. The summed E-state index contributed by atoms with van der Waals surface area (Å²) in [5.41, 5.74) is 4.28. The second-order valence-electron chi connectivity index (χ2n) is 6.40. The molecule has 0 saturated heterocycles. The Morgan fingerprint density at radius 3 is 2.27 bits per heavy atom. The number of hydrogen-bond acceptors (Lipinski definition) is 2. The van der Waals surface area contributed by atoms with E-state index in [9.17, 15) is 4.79 Å². The molecule has 0 aliphatic rings. The van der Waals surface area contributed by atoms with Crippen molar-refractivity contribution in [2.45, 2.75) is 40.0 Å². The lowest BCUT2D eigenvalue weighted by Crippen LogP contribution is -2.25. The predicted octanol–water partition coefficient (Wildman–Crippen LogP) is 5.01. The van der Waals surface area contributed by atoms with Crippen molar-refractivity contribution in [3.63, 3.8) is 0 Å². The summed E-state index contributed by atoms with van der Waals surface area (Å²) in [5, 5.41) is 3.02. The van der Waals surface area contributed by atoms with Gasteiger partial charge in [0.05, 0.1) is 0 Å². The normalized spacial score (nSPS) is 10.2. The van der Waals surface area contributed by atoms with Crippen molar-refractivity contribution in [2.24, 2.45) is 0 Å². The number of nitrogens with one attached hydrogen (secondary N) is 1. The number of nitrogens with zero attached hydrogens (tertiary/aromatic N) is 1. The zero-order valence-electron chi connectivity index (χ0n) is 17.0. The van der Waals surface area contributed by atoms with Crippen LogP contribution >= 0.6 is 0 Å². The molecule has 1 N–H and O–H groups in total. The van der Waals surface area contributed by atoms with E-state index in [4.69, 9.17) is 0 Å². The maximum Gasteiger partial charge on any atom is 0.251 e. The van der Waals surface area contributed by atoms with Crippen LogP contribution in [-0.2, 0) is 6.42 Å². The number of unbranched alkanes of at least 4 members (excludes halogenated alkanes) is 1. The molecule has 2 aromatic carbocycles. The summed E-state index contributed by atoms with van der Waals surface area (Å²) in [7, 11) is 4.13. The van der Waals surface area contributed by atoms with Crippen LogP contribution in [0.4, 0.5) is 0 Å². The van der Waals surface area contributed by atoms with E-state index in [1.807, 2.05) is 32.0 Å². The van der Waals surface area contributed by atoms with Gasteiger partial charge in [0.1, 0.15) is 0 Å². The fourth-order valence-corrected chi connectivity index (χ4v) is 2.67. The zero-order valence-corrected chi connectivity index (χ0v) is 17.0. The van der Waals surface area contributed by atoms with Crippen LogP contribution in [0.2, 0.25) is 0 Å². The van der Waals surface area contributed by atoms with Crippen LogP contribution in [0.25, 0.3) is 11.1 Å². The van der Waals surface area contributed by atoms with Crippen molar-refractivity contribution in [1.29, 1.82) is 0 Å². The monoisotopic (exact) mass is 354 g/mol. The van der Waals surface area contributed by atoms with Crippen LogP contribution in [0.1, 0.15) is 49.5 Å². The number of benzene rings is 2. The Bertz CT molecular complexity index is 665. The zero-order chi connectivity index (χ0) is 19.4. The van der Waals surface area contributed by atoms with Gasteiger partial charge in [-0.2, -0.15) is 0 Å². The van der Waals surface area contributed by atoms with Crippen molar-refractivity contribution < 1.29 is 4.79 Å². The van der Waals surface area contributed by atoms with Gasteiger partial charge < -0.3 is 10.2 Å². The molecule has 0 atom stereocenters. The summed E-state index contributed by atoms with van der Waals surface area (Å²) in [6.07, 6.45) is 3.11. The van der Waals surface area contributed by atoms with E-state index >= 15 is 0 Å². The molecule has 142 valence electrons. The van der Waals surface area contributed by atoms with Gasteiger partial charge in [-0.05, 0) is 68.7 Å². The number of rotatable bonds is 8. The third kappa shape index (κ3) is 7.40. The second-order valence-corrected chi connectivity index (χ2v) is 6.40. The second kappa shape index (κ2) is 12.3. The SMILES string of the molecule is CC.CCc1cccc(-c2cccc(C(=O)NCCCCN(C)C)c2)c1. The lowest BCUT2D eigenvalue weighted by molar-refractivity contribution is 0.0953. The largest absolute Gasteiger partial charge is 0.352 e. The highest BCUT2D eigenvalue weighted by atomic mass is 16.1. The van der Waals surface area contributed by atoms with Crippen molar-refractivity contribution in [3.8, 4) is 11.1 Å². The van der Waals surface area contributed by atoms with E-state index in [0.29, 0.717) is 0 Å². The fourth-order valence-electron chi connectivity index (χ4n) is 2.67. The molecule has 1 amide bonds. The highest BCUT2D eigenvalue weighted by Gasteiger charge is 2.07. The molecule has 0 radical (unpaired) electrons. The van der Waals surface area contributed by atoms with Crippen LogP contribution in [0.15, 0.2) is 48.5 Å². The molecule has 3 heteroatoms. The molecule has 26 heavy (non-hydrogen) atoms. The van der Waals surface area contributed by atoms with E-state index < -0.39 is 0 Å². The van der Waals surface area contributed by atoms with E-state index in [0.717, 1.165) is 49.0 Å². The number of carbonyl (C=O) groups excluding carboxylic acids is 1. The minimum absolute atomic E-state index is 0.00773. The highest BCUT2D eigenvalue weighted by Crippen LogP contribution is 2.22. The maximum absolute atomic E-state index is 12.3. The third-order valence-electron chi connectivity index (χ3n) is 4.11. The van der Waals surface area contributed by atoms with Crippen molar-refractivity contribution in [3.05, 3.63) is 59.7 Å². The number of amides is 1. The lowest BCUT2D eigenvalue weighted by Gasteiger charge is -2.10. The number of carbonyl (C=O) groups is 1. The van der Waals surface area contributed by atoms with E-state index in [-0.39, 0.29) is 5.91 Å². The molecular formula is C23H34N2O. The Hall–Kier alpha value is -2.13. The molecule has 0 aliphatic carbocycles. The van der Waals surface area contributed by atoms with Crippen molar-refractivity contribution in [1.82, 2.24) is 10.2 Å². The quantitative estimate of drug-likeness (QED) is 0.676. The average Bonchev–Trinajstić information content (AvgIpc) is 2.69. The first-order chi connectivity index (χ1) is 12.6. The topological polar surface area (TPSA) is 32.3 Å². The van der Waals surface area contributed by atoms with Gasteiger partial charge in [-0.15, -0.1) is 0 Å². The first-order valence-electron chi connectivity index (χ1n) is 9.72. The average molecular weight is 355 g/mol. The molecule has 0 aliphatic heterocycles. The van der Waals surface area contributed by atoms with Crippen LogP contribution in [0.3, 0.4) is 0 Å². The molecule has 2 rings (SSSR count). The Balaban J connectivity index is 0.00000163. The minimum atomic E-state index is 0.00773. The van der Waals surface area contributed by atoms with Gasteiger partial charge in [0.2, 0.25) is 0 Å². The molecule has 0 fully saturated rings. The third-order valence-corrected chi connectivity index (χ3v) is 4.11. The van der Waals surface area contributed by atoms with E-state index in [1.165, 1.54) is 5.56 Å². The summed E-state index contributed by atoms with van der Waals surface area (Å²) in [5.74, 6) is 0.00773. The van der Waals surface area contributed by atoms with Gasteiger partial charge in [0.15, 0.2) is 0 Å². The van der Waals surface area contributed by atoms with Gasteiger partial charge in [-0.25, -0.2) is 0 Å². The van der Waals surface area contributed by atoms with Crippen LogP contribution in [0, 0.1) is 0 Å². The lowest BCUT2D eigenvalue weighted by atomic mass is 10.00. The smallest absolute Gasteiger partial charge is 0.251 e. The van der Waals surface area contributed by atoms with Crippen molar-refractivity contribution >= 4 is 5.91 Å². The molecule has 0 spiro atoms. The summed E-state index contributed by atoms with van der Waals surface area (Å²) in [6.45, 7) is 7.93. The van der Waals surface area contributed by atoms with E-state index in [1.54, 1.807) is 0 Å². The van der Waals surface area contributed by atoms with E-state index in [2.05, 4.69) is 61.6 Å². The van der Waals surface area contributed by atoms with Gasteiger partial charge in [-0.3, -0.25) is 4.79 Å². The van der Waals surface area contributed by atoms with Gasteiger partial charge in [0.25, 0.3) is 5.91 Å². The first-order valence-corrected chi connectivity index (χ1v) is 9.72. The molecule has 3 nitrogen and oxygen atoms in total. The molecule has 0 bridgehead atoms. The van der Waals surface area contributed by atoms with Gasteiger partial charge >= 0.3 is 0 Å². The number of hydrogen-bond donors (Lipinski definition) is 1. The standard InChI is InChI=1S/C21H28N2O.C2H6/c1-4-17-9-7-10-18(15-17)19-11-8-12-20(16-19)21(24)22-13-5-6-14-23(2)3;1-2/h7-12,15-16H,4-6,13-14H2,1-3H3,(H,22,24);1-2H3. The predicted molar refractivity (Wildman–Crippen MR) is 113 cm³/mol. The number of aryl methyl sites for hydroxylation is 1. The summed E-state index contributed by atoms with van der Waals surface area (Å²) in [4.78, 5) is 14.5. The fraction of sp³-hybridized carbons (Fsp3) is 0.435. The van der Waals surface area contributed by atoms with Crippen LogP contribution in [0.5, 0.6) is 0 Å².